The van der Waals surface area contributed by atoms with Crippen molar-refractivity contribution in [2.45, 2.75) is 51.6 Å². The SMILES string of the molecule is Cc1cccc(Nc2ccc(S(=O)(=O)N(C(C)C)C(C)C)cn2)c1. The molecule has 0 unspecified atom stereocenters. The number of nitrogens with zero attached hydrogens (tertiary/aromatic N) is 2. The molecule has 130 valence electrons. The van der Waals surface area contributed by atoms with Crippen molar-refractivity contribution in [3.05, 3.63) is 48.2 Å². The van der Waals surface area contributed by atoms with Crippen LogP contribution in [0.25, 0.3) is 0 Å². The van der Waals surface area contributed by atoms with Gasteiger partial charge in [-0.05, 0) is 64.4 Å². The van der Waals surface area contributed by atoms with E-state index in [-0.39, 0.29) is 17.0 Å². The Balaban J connectivity index is 2.25. The lowest BCUT2D eigenvalue weighted by atomic mass is 10.2. The Bertz CT molecular complexity index is 776. The van der Waals surface area contributed by atoms with E-state index < -0.39 is 10.0 Å². The van der Waals surface area contributed by atoms with Crippen LogP contribution in [0.2, 0.25) is 0 Å². The van der Waals surface area contributed by atoms with Crippen LogP contribution in [0, 0.1) is 6.92 Å². The van der Waals surface area contributed by atoms with E-state index in [9.17, 15) is 8.42 Å². The smallest absolute Gasteiger partial charge is 0.245 e. The first-order valence-corrected chi connectivity index (χ1v) is 9.49. The van der Waals surface area contributed by atoms with E-state index in [1.165, 1.54) is 10.5 Å². The van der Waals surface area contributed by atoms with Gasteiger partial charge in [0.25, 0.3) is 0 Å². The van der Waals surface area contributed by atoms with Gasteiger partial charge < -0.3 is 5.32 Å². The number of hydrogen-bond acceptors (Lipinski definition) is 4. The number of aryl methyl sites for hydroxylation is 1. The molecule has 5 nitrogen and oxygen atoms in total. The van der Waals surface area contributed by atoms with Crippen LogP contribution in [0.1, 0.15) is 33.3 Å². The Hall–Kier alpha value is -1.92. The third-order valence-corrected chi connectivity index (χ3v) is 5.86. The van der Waals surface area contributed by atoms with Gasteiger partial charge in [0.05, 0.1) is 0 Å². The molecule has 0 amide bonds. The van der Waals surface area contributed by atoms with Gasteiger partial charge in [-0.1, -0.05) is 12.1 Å². The van der Waals surface area contributed by atoms with Gasteiger partial charge in [-0.2, -0.15) is 4.31 Å². The highest BCUT2D eigenvalue weighted by molar-refractivity contribution is 7.89. The summed E-state index contributed by atoms with van der Waals surface area (Å²) in [4.78, 5) is 4.46. The van der Waals surface area contributed by atoms with Crippen LogP contribution in [0.5, 0.6) is 0 Å². The second-order valence-corrected chi connectivity index (χ2v) is 8.24. The maximum Gasteiger partial charge on any atom is 0.245 e. The molecular formula is C18H25N3O2S. The molecule has 0 saturated carbocycles. The number of rotatable bonds is 6. The minimum atomic E-state index is -3.55. The summed E-state index contributed by atoms with van der Waals surface area (Å²) in [7, 11) is -3.55. The van der Waals surface area contributed by atoms with Crippen LogP contribution < -0.4 is 5.32 Å². The molecule has 0 aliphatic rings. The Morgan fingerprint density at radius 3 is 2.21 bits per heavy atom. The highest BCUT2D eigenvalue weighted by Gasteiger charge is 2.29. The molecule has 0 spiro atoms. The molecule has 0 aliphatic carbocycles. The summed E-state index contributed by atoms with van der Waals surface area (Å²) in [5, 5.41) is 3.18. The van der Waals surface area contributed by atoms with Gasteiger partial charge in [-0.15, -0.1) is 0 Å². The zero-order valence-electron chi connectivity index (χ0n) is 14.8. The van der Waals surface area contributed by atoms with Gasteiger partial charge in [0.2, 0.25) is 10.0 Å². The maximum atomic E-state index is 12.8. The molecule has 0 bridgehead atoms. The van der Waals surface area contributed by atoms with Crippen LogP contribution in [0.15, 0.2) is 47.5 Å². The Morgan fingerprint density at radius 2 is 1.71 bits per heavy atom. The number of benzene rings is 1. The first kappa shape index (κ1) is 18.4. The first-order valence-electron chi connectivity index (χ1n) is 8.05. The van der Waals surface area contributed by atoms with Crippen molar-refractivity contribution < 1.29 is 8.42 Å². The molecule has 24 heavy (non-hydrogen) atoms. The molecule has 0 atom stereocenters. The summed E-state index contributed by atoms with van der Waals surface area (Å²) in [5.41, 5.74) is 2.06. The molecule has 2 rings (SSSR count). The Kier molecular flexibility index (Phi) is 5.62. The molecular weight excluding hydrogens is 322 g/mol. The van der Waals surface area contributed by atoms with Crippen molar-refractivity contribution in [1.82, 2.24) is 9.29 Å². The summed E-state index contributed by atoms with van der Waals surface area (Å²) in [5.74, 6) is 0.611. The van der Waals surface area contributed by atoms with Crippen LogP contribution >= 0.6 is 0 Å². The number of pyridine rings is 1. The molecule has 0 saturated heterocycles. The van der Waals surface area contributed by atoms with Gasteiger partial charge in [-0.25, -0.2) is 13.4 Å². The van der Waals surface area contributed by atoms with Crippen molar-refractivity contribution in [2.24, 2.45) is 0 Å². The monoisotopic (exact) mass is 347 g/mol. The average Bonchev–Trinajstić information content (AvgIpc) is 2.46. The summed E-state index contributed by atoms with van der Waals surface area (Å²) in [6.07, 6.45) is 1.41. The van der Waals surface area contributed by atoms with Crippen molar-refractivity contribution in [3.8, 4) is 0 Å². The van der Waals surface area contributed by atoms with E-state index in [1.807, 2.05) is 58.9 Å². The average molecular weight is 347 g/mol. The number of nitrogens with one attached hydrogen (secondary N) is 1. The van der Waals surface area contributed by atoms with Gasteiger partial charge in [0.15, 0.2) is 0 Å². The molecule has 0 fully saturated rings. The summed E-state index contributed by atoms with van der Waals surface area (Å²) in [6.45, 7) is 9.51. The molecule has 1 N–H and O–H groups in total. The summed E-state index contributed by atoms with van der Waals surface area (Å²) in [6, 6.07) is 11.0. The van der Waals surface area contributed by atoms with Gasteiger partial charge >= 0.3 is 0 Å². The maximum absolute atomic E-state index is 12.8. The van der Waals surface area contributed by atoms with Crippen molar-refractivity contribution in [3.63, 3.8) is 0 Å². The number of sulfonamides is 1. The molecule has 1 aromatic carbocycles. The van der Waals surface area contributed by atoms with E-state index in [1.54, 1.807) is 12.1 Å². The molecule has 2 aromatic rings. The Labute approximate surface area is 144 Å². The second kappa shape index (κ2) is 7.32. The number of anilines is 2. The fourth-order valence-corrected chi connectivity index (χ4v) is 4.53. The molecule has 1 aromatic heterocycles. The normalized spacial score (nSPS) is 12.2. The predicted octanol–water partition coefficient (Wildman–Crippen LogP) is 3.94. The lowest BCUT2D eigenvalue weighted by Crippen LogP contribution is -2.41. The van der Waals surface area contributed by atoms with Gasteiger partial charge in [0, 0.05) is 24.0 Å². The van der Waals surface area contributed by atoms with E-state index in [4.69, 9.17) is 0 Å². The fraction of sp³-hybridized carbons (Fsp3) is 0.389. The minimum Gasteiger partial charge on any atom is -0.340 e. The van der Waals surface area contributed by atoms with Crippen LogP contribution in [-0.2, 0) is 10.0 Å². The van der Waals surface area contributed by atoms with Crippen molar-refractivity contribution in [1.29, 1.82) is 0 Å². The molecule has 0 radical (unpaired) electrons. The summed E-state index contributed by atoms with van der Waals surface area (Å²) < 4.78 is 27.1. The lowest BCUT2D eigenvalue weighted by Gasteiger charge is -2.29. The highest BCUT2D eigenvalue weighted by atomic mass is 32.2. The second-order valence-electron chi connectivity index (χ2n) is 6.40. The summed E-state index contributed by atoms with van der Waals surface area (Å²) >= 11 is 0. The minimum absolute atomic E-state index is 0.111. The van der Waals surface area contributed by atoms with E-state index >= 15 is 0 Å². The van der Waals surface area contributed by atoms with E-state index in [0.29, 0.717) is 5.82 Å². The predicted molar refractivity (Wildman–Crippen MR) is 98.0 cm³/mol. The topological polar surface area (TPSA) is 62.3 Å². The van der Waals surface area contributed by atoms with E-state index in [0.717, 1.165) is 11.3 Å². The molecule has 1 heterocycles. The molecule has 6 heteroatoms. The Morgan fingerprint density at radius 1 is 1.04 bits per heavy atom. The van der Waals surface area contributed by atoms with Gasteiger partial charge in [0.1, 0.15) is 10.7 Å². The van der Waals surface area contributed by atoms with Crippen LogP contribution in [0.3, 0.4) is 0 Å². The van der Waals surface area contributed by atoms with Crippen LogP contribution in [-0.4, -0.2) is 29.8 Å². The number of aromatic nitrogens is 1. The van der Waals surface area contributed by atoms with Gasteiger partial charge in [-0.3, -0.25) is 0 Å². The molecule has 0 aliphatic heterocycles. The largest absolute Gasteiger partial charge is 0.340 e. The lowest BCUT2D eigenvalue weighted by molar-refractivity contribution is 0.302. The van der Waals surface area contributed by atoms with Crippen molar-refractivity contribution >= 4 is 21.5 Å². The first-order chi connectivity index (χ1) is 11.2. The van der Waals surface area contributed by atoms with Crippen molar-refractivity contribution in [2.75, 3.05) is 5.32 Å². The number of hydrogen-bond donors (Lipinski definition) is 1. The quantitative estimate of drug-likeness (QED) is 0.860. The highest BCUT2D eigenvalue weighted by Crippen LogP contribution is 2.22. The zero-order chi connectivity index (χ0) is 17.9. The van der Waals surface area contributed by atoms with E-state index in [2.05, 4.69) is 10.3 Å². The third kappa shape index (κ3) is 4.13. The third-order valence-electron chi connectivity index (χ3n) is 3.62. The zero-order valence-corrected chi connectivity index (χ0v) is 15.6. The standard InChI is InChI=1S/C18H25N3O2S/c1-13(2)21(14(3)4)24(22,23)17-9-10-18(19-12-17)20-16-8-6-7-15(5)11-16/h6-14H,1-5H3,(H,19,20). The van der Waals surface area contributed by atoms with Crippen LogP contribution in [0.4, 0.5) is 11.5 Å². The fourth-order valence-electron chi connectivity index (χ4n) is 2.75.